The number of aliphatic imine (C=N–C) groups is 1. The number of benzene rings is 1. The van der Waals surface area contributed by atoms with Crippen LogP contribution in [0.15, 0.2) is 66.2 Å². The fourth-order valence-corrected chi connectivity index (χ4v) is 5.21. The molecule has 2 N–H and O–H groups in total. The number of halogens is 3. The molecular weight excluding hydrogens is 597 g/mol. The van der Waals surface area contributed by atoms with Crippen LogP contribution < -0.4 is 15.0 Å². The molecule has 3 aromatic heterocycles. The molecule has 1 unspecified atom stereocenters. The second-order valence-corrected chi connectivity index (χ2v) is 10.9. The molecule has 0 bridgehead atoms. The number of carbonyl (C=O) groups is 1. The summed E-state index contributed by atoms with van der Waals surface area (Å²) in [7, 11) is 0. The van der Waals surface area contributed by atoms with Crippen molar-refractivity contribution in [1.82, 2.24) is 24.7 Å². The van der Waals surface area contributed by atoms with E-state index in [2.05, 4.69) is 48.9 Å². The Morgan fingerprint density at radius 2 is 1.95 bits per heavy atom. The predicted molar refractivity (Wildman–Crippen MR) is 162 cm³/mol. The van der Waals surface area contributed by atoms with E-state index in [9.17, 15) is 23.1 Å². The van der Waals surface area contributed by atoms with Gasteiger partial charge in [0.2, 0.25) is 0 Å². The molecule has 0 spiro atoms. The molecule has 1 saturated heterocycles. The lowest BCUT2D eigenvalue weighted by molar-refractivity contribution is -0.274. The first-order valence-electron chi connectivity index (χ1n) is 13.3. The van der Waals surface area contributed by atoms with Gasteiger partial charge in [0.05, 0.1) is 6.20 Å². The molecule has 4 heterocycles. The van der Waals surface area contributed by atoms with E-state index in [0.29, 0.717) is 22.3 Å². The summed E-state index contributed by atoms with van der Waals surface area (Å²) in [6.07, 6.45) is 1.56. The Balaban J connectivity index is 1.22. The van der Waals surface area contributed by atoms with Crippen molar-refractivity contribution >= 4 is 46.6 Å². The first-order chi connectivity index (χ1) is 20.9. The quantitative estimate of drug-likeness (QED) is 0.254. The van der Waals surface area contributed by atoms with Crippen molar-refractivity contribution in [2.45, 2.75) is 39.3 Å². The summed E-state index contributed by atoms with van der Waals surface area (Å²) >= 11 is 1.30. The Kier molecular flexibility index (Phi) is 8.96. The Bertz CT molecular complexity index is 1690. The van der Waals surface area contributed by atoms with E-state index in [4.69, 9.17) is 0 Å². The standard InChI is InChI=1S/C29H27F3N8O3S/c1-17(2)21-8-4-18(3)12-22(21)40-26(41)15-44-28(40)37-27(42)36-23-9-5-19(13-33-23)6-10-24-35-16-39(38-24)25-11-7-20(14-34-25)43-29(30,31)32/h4-14,16-17,26,41H,15H2,1-3H3,(H,33,36,42)/b10-6+,37-28?. The second kappa shape index (κ2) is 12.9. The summed E-state index contributed by atoms with van der Waals surface area (Å²) in [5, 5.41) is 18.0. The van der Waals surface area contributed by atoms with Crippen molar-refractivity contribution in [2.24, 2.45) is 4.99 Å². The number of aliphatic hydroxyl groups is 1. The number of hydrogen-bond donors (Lipinski definition) is 2. The summed E-state index contributed by atoms with van der Waals surface area (Å²) in [5.74, 6) is 1.01. The molecule has 11 nitrogen and oxygen atoms in total. The van der Waals surface area contributed by atoms with Gasteiger partial charge in [-0.15, -0.1) is 18.3 Å². The van der Waals surface area contributed by atoms with Gasteiger partial charge < -0.3 is 9.84 Å². The van der Waals surface area contributed by atoms with Crippen LogP contribution in [-0.2, 0) is 0 Å². The average molecular weight is 625 g/mol. The first-order valence-corrected chi connectivity index (χ1v) is 14.3. The predicted octanol–water partition coefficient (Wildman–Crippen LogP) is 6.02. The van der Waals surface area contributed by atoms with Crippen LogP contribution in [0.3, 0.4) is 0 Å². The maximum absolute atomic E-state index is 12.8. The van der Waals surface area contributed by atoms with Gasteiger partial charge in [0.25, 0.3) is 0 Å². The van der Waals surface area contributed by atoms with Crippen LogP contribution in [-0.4, -0.2) is 59.4 Å². The summed E-state index contributed by atoms with van der Waals surface area (Å²) in [4.78, 5) is 31.0. The monoisotopic (exact) mass is 624 g/mol. The molecule has 5 rings (SSSR count). The number of amides is 2. The molecule has 0 radical (unpaired) electrons. The number of aryl methyl sites for hydroxylation is 1. The number of nitrogens with one attached hydrogen (secondary N) is 1. The number of nitrogens with zero attached hydrogens (tertiary/aromatic N) is 7. The van der Waals surface area contributed by atoms with Gasteiger partial charge in [0.1, 0.15) is 24.1 Å². The largest absolute Gasteiger partial charge is 0.573 e. The Morgan fingerprint density at radius 1 is 1.14 bits per heavy atom. The highest BCUT2D eigenvalue weighted by Gasteiger charge is 2.33. The third kappa shape index (κ3) is 7.60. The van der Waals surface area contributed by atoms with Crippen LogP contribution in [0.1, 0.15) is 42.3 Å². The molecule has 228 valence electrons. The van der Waals surface area contributed by atoms with Gasteiger partial charge in [-0.3, -0.25) is 10.2 Å². The SMILES string of the molecule is Cc1ccc(C(C)C)c(N2C(=NC(=O)Nc3ccc(/C=C/c4ncn(-c5ccc(OC(F)(F)F)cn5)n4)cn3)SCC2O)c1. The number of amidine groups is 1. The van der Waals surface area contributed by atoms with Gasteiger partial charge in [-0.25, -0.2) is 24.4 Å². The van der Waals surface area contributed by atoms with Crippen LogP contribution in [0.2, 0.25) is 0 Å². The molecule has 0 saturated carbocycles. The fourth-order valence-electron chi connectivity index (χ4n) is 4.26. The van der Waals surface area contributed by atoms with E-state index in [1.165, 1.54) is 28.8 Å². The van der Waals surface area contributed by atoms with Crippen molar-refractivity contribution in [3.8, 4) is 11.6 Å². The smallest absolute Gasteiger partial charge is 0.404 e. The molecule has 2 amide bonds. The van der Waals surface area contributed by atoms with Crippen LogP contribution in [0.5, 0.6) is 5.75 Å². The number of ether oxygens (including phenoxy) is 1. The number of alkyl halides is 3. The highest BCUT2D eigenvalue weighted by atomic mass is 32.2. The average Bonchev–Trinajstić information content (AvgIpc) is 3.58. The van der Waals surface area contributed by atoms with Gasteiger partial charge in [-0.1, -0.05) is 37.7 Å². The number of carbonyl (C=O) groups excluding carboxylic acids is 1. The van der Waals surface area contributed by atoms with E-state index in [0.717, 1.165) is 29.1 Å². The molecule has 1 aliphatic heterocycles. The van der Waals surface area contributed by atoms with Gasteiger partial charge in [0.15, 0.2) is 16.8 Å². The lowest BCUT2D eigenvalue weighted by Gasteiger charge is -2.26. The zero-order valence-corrected chi connectivity index (χ0v) is 24.5. The topological polar surface area (TPSA) is 131 Å². The van der Waals surface area contributed by atoms with Crippen molar-refractivity contribution < 1.29 is 27.8 Å². The lowest BCUT2D eigenvalue weighted by atomic mass is 9.98. The number of pyridine rings is 2. The van der Waals surface area contributed by atoms with Crippen LogP contribution in [0.25, 0.3) is 18.0 Å². The number of anilines is 2. The normalized spacial score (nSPS) is 16.3. The number of hydrogen-bond acceptors (Lipinski definition) is 8. The van der Waals surface area contributed by atoms with Crippen LogP contribution >= 0.6 is 11.8 Å². The van der Waals surface area contributed by atoms with Crippen molar-refractivity contribution in [3.05, 3.63) is 83.7 Å². The number of urea groups is 1. The second-order valence-electron chi connectivity index (χ2n) is 9.96. The Labute approximate surface area is 254 Å². The Hall–Kier alpha value is -4.76. The molecule has 1 aliphatic rings. The van der Waals surface area contributed by atoms with Crippen molar-refractivity contribution in [1.29, 1.82) is 0 Å². The number of thioether (sulfide) groups is 1. The summed E-state index contributed by atoms with van der Waals surface area (Å²) in [5.41, 5.74) is 3.59. The van der Waals surface area contributed by atoms with Gasteiger partial charge in [0, 0.05) is 17.6 Å². The fraction of sp³-hybridized carbons (Fsp3) is 0.241. The van der Waals surface area contributed by atoms with Gasteiger partial charge in [-0.2, -0.15) is 4.99 Å². The third-order valence-electron chi connectivity index (χ3n) is 6.28. The minimum absolute atomic E-state index is 0.209. The third-order valence-corrected chi connectivity index (χ3v) is 7.29. The molecule has 4 aromatic rings. The van der Waals surface area contributed by atoms with E-state index in [1.54, 1.807) is 35.4 Å². The lowest BCUT2D eigenvalue weighted by Crippen LogP contribution is -2.35. The van der Waals surface area contributed by atoms with Crippen molar-refractivity contribution in [2.75, 3.05) is 16.0 Å². The van der Waals surface area contributed by atoms with E-state index >= 15 is 0 Å². The van der Waals surface area contributed by atoms with Gasteiger partial charge >= 0.3 is 12.4 Å². The van der Waals surface area contributed by atoms with Crippen molar-refractivity contribution in [3.63, 3.8) is 0 Å². The molecule has 1 aromatic carbocycles. The highest BCUT2D eigenvalue weighted by molar-refractivity contribution is 8.14. The summed E-state index contributed by atoms with van der Waals surface area (Å²) in [6, 6.07) is 11.2. The molecule has 0 aliphatic carbocycles. The zero-order valence-electron chi connectivity index (χ0n) is 23.7. The molecule has 44 heavy (non-hydrogen) atoms. The maximum atomic E-state index is 12.8. The molecule has 1 atom stereocenters. The summed E-state index contributed by atoms with van der Waals surface area (Å²) in [6.45, 7) is 6.11. The number of aliphatic hydroxyl groups excluding tert-OH is 1. The first kappa shape index (κ1) is 30.7. The van der Waals surface area contributed by atoms with Crippen LogP contribution in [0.4, 0.5) is 29.5 Å². The number of rotatable bonds is 7. The zero-order chi connectivity index (χ0) is 31.4. The van der Waals surface area contributed by atoms with E-state index in [-0.39, 0.29) is 17.6 Å². The Morgan fingerprint density at radius 3 is 2.64 bits per heavy atom. The molecule has 1 fully saturated rings. The summed E-state index contributed by atoms with van der Waals surface area (Å²) < 4.78 is 42.1. The molecular formula is C29H27F3N8O3S. The van der Waals surface area contributed by atoms with E-state index < -0.39 is 24.4 Å². The maximum Gasteiger partial charge on any atom is 0.573 e. The highest BCUT2D eigenvalue weighted by Crippen LogP contribution is 2.35. The molecule has 15 heteroatoms. The minimum atomic E-state index is -4.80. The van der Waals surface area contributed by atoms with Crippen LogP contribution in [0, 0.1) is 6.92 Å². The number of aromatic nitrogens is 5. The van der Waals surface area contributed by atoms with E-state index in [1.807, 2.05) is 25.1 Å². The van der Waals surface area contributed by atoms with Gasteiger partial charge in [-0.05, 0) is 72.0 Å². The minimum Gasteiger partial charge on any atom is -0.404 e.